The van der Waals surface area contributed by atoms with Gasteiger partial charge in [0.1, 0.15) is 0 Å². The van der Waals surface area contributed by atoms with Crippen LogP contribution < -0.4 is 10.6 Å². The van der Waals surface area contributed by atoms with Gasteiger partial charge >= 0.3 is 12.0 Å². The van der Waals surface area contributed by atoms with Crippen molar-refractivity contribution in [3.05, 3.63) is 0 Å². The molecule has 0 fully saturated rings. The molecule has 0 rings (SSSR count). The number of rotatable bonds is 6. The lowest BCUT2D eigenvalue weighted by atomic mass is 9.94. The van der Waals surface area contributed by atoms with Gasteiger partial charge in [0.2, 0.25) is 0 Å². The average Bonchev–Trinajstić information content (AvgIpc) is 2.15. The molecule has 0 radical (unpaired) electrons. The van der Waals surface area contributed by atoms with Crippen molar-refractivity contribution in [2.75, 3.05) is 25.1 Å². The molecule has 0 spiro atoms. The largest absolute Gasteiger partial charge is 0.481 e. The van der Waals surface area contributed by atoms with E-state index in [-0.39, 0.29) is 12.6 Å². The summed E-state index contributed by atoms with van der Waals surface area (Å²) in [7, 11) is 0. The van der Waals surface area contributed by atoms with E-state index in [2.05, 4.69) is 10.6 Å². The number of aliphatic carboxylic acids is 1. The lowest BCUT2D eigenvalue weighted by Gasteiger charge is -2.19. The Balaban J connectivity index is 3.75. The molecule has 0 aliphatic heterocycles. The first-order valence-electron chi connectivity index (χ1n) is 4.64. The molecule has 0 unspecified atom stereocenters. The maximum atomic E-state index is 11.2. The molecule has 88 valence electrons. The summed E-state index contributed by atoms with van der Waals surface area (Å²) in [6.07, 6.45) is 1.95. The van der Waals surface area contributed by atoms with Gasteiger partial charge < -0.3 is 15.7 Å². The van der Waals surface area contributed by atoms with Crippen molar-refractivity contribution in [1.82, 2.24) is 10.6 Å². The van der Waals surface area contributed by atoms with Crippen molar-refractivity contribution < 1.29 is 14.7 Å². The number of amides is 2. The minimum Gasteiger partial charge on any atom is -0.481 e. The van der Waals surface area contributed by atoms with Gasteiger partial charge in [0.15, 0.2) is 0 Å². The van der Waals surface area contributed by atoms with Crippen molar-refractivity contribution in [3.8, 4) is 0 Å². The molecule has 0 aromatic heterocycles. The van der Waals surface area contributed by atoms with Gasteiger partial charge in [0, 0.05) is 18.8 Å². The lowest BCUT2D eigenvalue weighted by Crippen LogP contribution is -2.44. The van der Waals surface area contributed by atoms with E-state index in [0.29, 0.717) is 6.54 Å². The van der Waals surface area contributed by atoms with Crippen LogP contribution in [0.4, 0.5) is 4.79 Å². The third kappa shape index (κ3) is 6.22. The van der Waals surface area contributed by atoms with Gasteiger partial charge in [-0.1, -0.05) is 0 Å². The Bertz CT molecular complexity index is 231. The van der Waals surface area contributed by atoms with Crippen LogP contribution in [-0.2, 0) is 4.79 Å². The molecule has 0 heterocycles. The molecule has 0 aromatic carbocycles. The Morgan fingerprint density at radius 2 is 1.93 bits per heavy atom. The van der Waals surface area contributed by atoms with Crippen molar-refractivity contribution in [2.24, 2.45) is 5.41 Å². The Kier molecular flexibility index (Phi) is 6.15. The molecular formula is C9H18N2O3S. The molecule has 0 bridgehead atoms. The summed E-state index contributed by atoms with van der Waals surface area (Å²) in [6, 6.07) is -0.321. The van der Waals surface area contributed by atoms with Crippen molar-refractivity contribution in [2.45, 2.75) is 13.8 Å². The summed E-state index contributed by atoms with van der Waals surface area (Å²) in [4.78, 5) is 21.9. The Morgan fingerprint density at radius 1 is 1.33 bits per heavy atom. The second-order valence-electron chi connectivity index (χ2n) is 3.79. The molecule has 0 aliphatic carbocycles. The Hall–Kier alpha value is -0.910. The zero-order chi connectivity index (χ0) is 11.9. The number of carbonyl (C=O) groups is 2. The highest BCUT2D eigenvalue weighted by molar-refractivity contribution is 7.98. The predicted octanol–water partition coefficient (Wildman–Crippen LogP) is 0.759. The molecule has 0 saturated heterocycles. The van der Waals surface area contributed by atoms with Crippen molar-refractivity contribution in [1.29, 1.82) is 0 Å². The highest BCUT2D eigenvalue weighted by Crippen LogP contribution is 2.12. The number of carboxylic acid groups (broad SMARTS) is 1. The van der Waals surface area contributed by atoms with Crippen LogP contribution in [0.15, 0.2) is 0 Å². The maximum Gasteiger partial charge on any atom is 0.314 e. The zero-order valence-corrected chi connectivity index (χ0v) is 10.1. The number of hydrogen-bond acceptors (Lipinski definition) is 3. The number of hydrogen-bond donors (Lipinski definition) is 3. The second kappa shape index (κ2) is 6.55. The predicted molar refractivity (Wildman–Crippen MR) is 61.2 cm³/mol. The van der Waals surface area contributed by atoms with Gasteiger partial charge in [-0.05, 0) is 20.1 Å². The highest BCUT2D eigenvalue weighted by Gasteiger charge is 2.27. The molecule has 3 N–H and O–H groups in total. The molecule has 0 atom stereocenters. The average molecular weight is 234 g/mol. The van der Waals surface area contributed by atoms with E-state index in [1.807, 2.05) is 6.26 Å². The van der Waals surface area contributed by atoms with Gasteiger partial charge in [-0.3, -0.25) is 4.79 Å². The van der Waals surface area contributed by atoms with Gasteiger partial charge in [0.25, 0.3) is 0 Å². The SMILES string of the molecule is CSCCNC(=O)NCC(C)(C)C(=O)O. The number of nitrogens with one attached hydrogen (secondary N) is 2. The third-order valence-electron chi connectivity index (χ3n) is 1.86. The molecule has 0 aromatic rings. The summed E-state index contributed by atoms with van der Waals surface area (Å²) in [5.74, 6) is -0.0812. The van der Waals surface area contributed by atoms with Gasteiger partial charge in [0.05, 0.1) is 5.41 Å². The van der Waals surface area contributed by atoms with Crippen LogP contribution in [0.5, 0.6) is 0 Å². The first-order valence-corrected chi connectivity index (χ1v) is 6.03. The highest BCUT2D eigenvalue weighted by atomic mass is 32.2. The Labute approximate surface area is 94.0 Å². The van der Waals surface area contributed by atoms with E-state index in [1.54, 1.807) is 25.6 Å². The minimum absolute atomic E-state index is 0.118. The Morgan fingerprint density at radius 3 is 2.40 bits per heavy atom. The first-order chi connectivity index (χ1) is 6.90. The second-order valence-corrected chi connectivity index (χ2v) is 4.78. The van der Waals surface area contributed by atoms with E-state index in [1.165, 1.54) is 0 Å². The van der Waals surface area contributed by atoms with Crippen LogP contribution in [0.3, 0.4) is 0 Å². The molecule has 6 heteroatoms. The van der Waals surface area contributed by atoms with Crippen LogP contribution in [-0.4, -0.2) is 42.2 Å². The van der Waals surface area contributed by atoms with Gasteiger partial charge in [-0.15, -0.1) is 0 Å². The summed E-state index contributed by atoms with van der Waals surface area (Å²) in [5.41, 5.74) is -0.934. The van der Waals surface area contributed by atoms with Gasteiger partial charge in [-0.2, -0.15) is 11.8 Å². The number of carboxylic acids is 1. The fourth-order valence-corrected chi connectivity index (χ4v) is 1.01. The quantitative estimate of drug-likeness (QED) is 0.593. The van der Waals surface area contributed by atoms with E-state index < -0.39 is 11.4 Å². The molecule has 0 aliphatic rings. The van der Waals surface area contributed by atoms with Crippen LogP contribution in [0.2, 0.25) is 0 Å². The molecule has 15 heavy (non-hydrogen) atoms. The van der Waals surface area contributed by atoms with Crippen molar-refractivity contribution >= 4 is 23.8 Å². The molecular weight excluding hydrogens is 216 g/mol. The van der Waals surface area contributed by atoms with E-state index in [9.17, 15) is 9.59 Å². The van der Waals surface area contributed by atoms with E-state index in [0.717, 1.165) is 5.75 Å². The molecule has 2 amide bonds. The van der Waals surface area contributed by atoms with Gasteiger partial charge in [-0.25, -0.2) is 4.79 Å². The normalized spacial score (nSPS) is 10.9. The van der Waals surface area contributed by atoms with Crippen molar-refractivity contribution in [3.63, 3.8) is 0 Å². The fourth-order valence-electron chi connectivity index (χ4n) is 0.706. The molecule has 5 nitrogen and oxygen atoms in total. The van der Waals surface area contributed by atoms with Crippen LogP contribution >= 0.6 is 11.8 Å². The summed E-state index contributed by atoms with van der Waals surface area (Å²) < 4.78 is 0. The smallest absolute Gasteiger partial charge is 0.314 e. The minimum atomic E-state index is -0.934. The number of carbonyl (C=O) groups excluding carboxylic acids is 1. The summed E-state index contributed by atoms with van der Waals surface area (Å²) in [5, 5.41) is 13.9. The summed E-state index contributed by atoms with van der Waals surface area (Å²) in [6.45, 7) is 3.84. The van der Waals surface area contributed by atoms with Crippen LogP contribution in [0, 0.1) is 5.41 Å². The number of thioether (sulfide) groups is 1. The van der Waals surface area contributed by atoms with Crippen LogP contribution in [0.1, 0.15) is 13.8 Å². The zero-order valence-electron chi connectivity index (χ0n) is 9.29. The standard InChI is InChI=1S/C9H18N2O3S/c1-9(2,7(12)13)6-11-8(14)10-4-5-15-3/h4-6H2,1-3H3,(H,12,13)(H2,10,11,14). The number of urea groups is 1. The topological polar surface area (TPSA) is 78.4 Å². The molecule has 0 saturated carbocycles. The fraction of sp³-hybridized carbons (Fsp3) is 0.778. The monoisotopic (exact) mass is 234 g/mol. The first kappa shape index (κ1) is 14.1. The lowest BCUT2D eigenvalue weighted by molar-refractivity contribution is -0.146. The third-order valence-corrected chi connectivity index (χ3v) is 2.47. The maximum absolute atomic E-state index is 11.2. The summed E-state index contributed by atoms with van der Waals surface area (Å²) >= 11 is 1.64. The van der Waals surface area contributed by atoms with Crippen LogP contribution in [0.25, 0.3) is 0 Å². The van der Waals surface area contributed by atoms with E-state index >= 15 is 0 Å². The van der Waals surface area contributed by atoms with E-state index in [4.69, 9.17) is 5.11 Å².